The van der Waals surface area contributed by atoms with E-state index in [1.54, 1.807) is 12.4 Å². The molecule has 0 unspecified atom stereocenters. The van der Waals surface area contributed by atoms with E-state index in [1.165, 1.54) is 0 Å². The summed E-state index contributed by atoms with van der Waals surface area (Å²) in [5.74, 6) is 0.552. The number of hydrogen-bond acceptors (Lipinski definition) is 3. The Morgan fingerprint density at radius 3 is 2.72 bits per heavy atom. The van der Waals surface area contributed by atoms with Gasteiger partial charge in [0.1, 0.15) is 0 Å². The monoisotopic (exact) mass is 238 g/mol. The number of nitrogens with two attached hydrogens (primary N) is 1. The van der Waals surface area contributed by atoms with Crippen LogP contribution in [-0.4, -0.2) is 14.5 Å². The third-order valence-electron chi connectivity index (χ3n) is 3.10. The molecule has 18 heavy (non-hydrogen) atoms. The molecule has 2 N–H and O–H groups in total. The fraction of sp³-hybridized carbons (Fsp3) is 0.143. The molecule has 0 aliphatic carbocycles. The van der Waals surface area contributed by atoms with E-state index < -0.39 is 0 Å². The first-order valence-electron chi connectivity index (χ1n) is 5.86. The summed E-state index contributed by atoms with van der Waals surface area (Å²) in [7, 11) is 0. The van der Waals surface area contributed by atoms with Gasteiger partial charge < -0.3 is 10.3 Å². The Kier molecular flexibility index (Phi) is 2.48. The maximum atomic E-state index is 6.01. The van der Waals surface area contributed by atoms with Crippen molar-refractivity contribution in [3.63, 3.8) is 0 Å². The number of para-hydroxylation sites is 1. The molecule has 0 saturated heterocycles. The highest BCUT2D eigenvalue weighted by Gasteiger charge is 2.09. The first kappa shape index (κ1) is 10.8. The van der Waals surface area contributed by atoms with Gasteiger partial charge in [-0.15, -0.1) is 0 Å². The van der Waals surface area contributed by atoms with Crippen LogP contribution in [0.25, 0.3) is 11.0 Å². The number of aromatic nitrogens is 3. The lowest BCUT2D eigenvalue weighted by atomic mass is 10.2. The van der Waals surface area contributed by atoms with E-state index in [0.717, 1.165) is 22.2 Å². The van der Waals surface area contributed by atoms with Crippen LogP contribution in [0.2, 0.25) is 0 Å². The predicted molar refractivity (Wildman–Crippen MR) is 72.2 cm³/mol. The standard InChI is InChI=1S/C14H14N4/c1-10-3-2-4-12-13(10)17-14(15)18(12)9-11-5-7-16-8-6-11/h2-8H,9H2,1H3,(H2,15,17). The van der Waals surface area contributed by atoms with Crippen LogP contribution in [0.1, 0.15) is 11.1 Å². The van der Waals surface area contributed by atoms with Crippen LogP contribution in [0.15, 0.2) is 42.7 Å². The molecule has 4 nitrogen and oxygen atoms in total. The van der Waals surface area contributed by atoms with E-state index in [0.29, 0.717) is 12.5 Å². The van der Waals surface area contributed by atoms with Crippen molar-refractivity contribution in [2.75, 3.05) is 5.73 Å². The van der Waals surface area contributed by atoms with Gasteiger partial charge in [-0.2, -0.15) is 0 Å². The largest absolute Gasteiger partial charge is 0.369 e. The Labute approximate surface area is 105 Å². The van der Waals surface area contributed by atoms with E-state index in [9.17, 15) is 0 Å². The Balaban J connectivity index is 2.12. The van der Waals surface area contributed by atoms with Gasteiger partial charge in [-0.25, -0.2) is 4.98 Å². The topological polar surface area (TPSA) is 56.7 Å². The highest BCUT2D eigenvalue weighted by molar-refractivity contribution is 5.81. The second-order valence-electron chi connectivity index (χ2n) is 4.35. The first-order chi connectivity index (χ1) is 8.75. The van der Waals surface area contributed by atoms with Crippen LogP contribution in [-0.2, 0) is 6.54 Å². The van der Waals surface area contributed by atoms with E-state index in [4.69, 9.17) is 5.73 Å². The SMILES string of the molecule is Cc1cccc2c1nc(N)n2Cc1ccncc1. The van der Waals surface area contributed by atoms with Crippen LogP contribution in [0, 0.1) is 6.92 Å². The number of fused-ring (bicyclic) bond motifs is 1. The number of imidazole rings is 1. The number of rotatable bonds is 2. The highest BCUT2D eigenvalue weighted by atomic mass is 15.1. The van der Waals surface area contributed by atoms with Crippen LogP contribution in [0.5, 0.6) is 0 Å². The number of nitrogen functional groups attached to an aromatic ring is 1. The van der Waals surface area contributed by atoms with Crippen molar-refractivity contribution in [2.24, 2.45) is 0 Å². The zero-order valence-corrected chi connectivity index (χ0v) is 10.2. The normalized spacial score (nSPS) is 10.9. The lowest BCUT2D eigenvalue weighted by molar-refractivity contribution is 0.836. The van der Waals surface area contributed by atoms with Crippen molar-refractivity contribution in [3.8, 4) is 0 Å². The Morgan fingerprint density at radius 2 is 1.94 bits per heavy atom. The zero-order chi connectivity index (χ0) is 12.5. The van der Waals surface area contributed by atoms with Gasteiger partial charge in [0.05, 0.1) is 17.6 Å². The number of nitrogens with zero attached hydrogens (tertiary/aromatic N) is 3. The van der Waals surface area contributed by atoms with Crippen molar-refractivity contribution in [1.29, 1.82) is 0 Å². The van der Waals surface area contributed by atoms with E-state index in [-0.39, 0.29) is 0 Å². The molecule has 2 heterocycles. The summed E-state index contributed by atoms with van der Waals surface area (Å²) >= 11 is 0. The van der Waals surface area contributed by atoms with E-state index in [1.807, 2.05) is 41.8 Å². The maximum Gasteiger partial charge on any atom is 0.201 e. The lowest BCUT2D eigenvalue weighted by Crippen LogP contribution is -2.04. The van der Waals surface area contributed by atoms with Gasteiger partial charge in [0, 0.05) is 12.4 Å². The van der Waals surface area contributed by atoms with Gasteiger partial charge in [0.15, 0.2) is 0 Å². The lowest BCUT2D eigenvalue weighted by Gasteiger charge is -2.06. The molecule has 90 valence electrons. The molecule has 1 aromatic carbocycles. The van der Waals surface area contributed by atoms with Crippen molar-refractivity contribution in [3.05, 3.63) is 53.9 Å². The number of benzene rings is 1. The average Bonchev–Trinajstić information content (AvgIpc) is 2.70. The van der Waals surface area contributed by atoms with E-state index >= 15 is 0 Å². The molecule has 3 aromatic rings. The summed E-state index contributed by atoms with van der Waals surface area (Å²) in [6, 6.07) is 10.1. The minimum atomic E-state index is 0.552. The number of aryl methyl sites for hydroxylation is 1. The van der Waals surface area contributed by atoms with Crippen LogP contribution < -0.4 is 5.73 Å². The van der Waals surface area contributed by atoms with Crippen LogP contribution >= 0.6 is 0 Å². The Morgan fingerprint density at radius 1 is 1.17 bits per heavy atom. The van der Waals surface area contributed by atoms with Crippen LogP contribution in [0.3, 0.4) is 0 Å². The average molecular weight is 238 g/mol. The third-order valence-corrected chi connectivity index (χ3v) is 3.10. The Bertz CT molecular complexity index is 686. The summed E-state index contributed by atoms with van der Waals surface area (Å²) < 4.78 is 2.03. The molecule has 2 aromatic heterocycles. The molecule has 0 saturated carbocycles. The number of hydrogen-bond donors (Lipinski definition) is 1. The molecular formula is C14H14N4. The van der Waals surface area contributed by atoms with Crippen molar-refractivity contribution < 1.29 is 0 Å². The second-order valence-corrected chi connectivity index (χ2v) is 4.35. The van der Waals surface area contributed by atoms with Gasteiger partial charge in [-0.05, 0) is 36.2 Å². The molecule has 0 fully saturated rings. The molecule has 0 amide bonds. The quantitative estimate of drug-likeness (QED) is 0.745. The van der Waals surface area contributed by atoms with Crippen molar-refractivity contribution in [2.45, 2.75) is 13.5 Å². The molecule has 0 radical (unpaired) electrons. The maximum absolute atomic E-state index is 6.01. The molecule has 4 heteroatoms. The van der Waals surface area contributed by atoms with Gasteiger partial charge in [-0.1, -0.05) is 12.1 Å². The first-order valence-corrected chi connectivity index (χ1v) is 5.86. The summed E-state index contributed by atoms with van der Waals surface area (Å²) in [6.45, 7) is 2.76. The summed E-state index contributed by atoms with van der Waals surface area (Å²) in [5, 5.41) is 0. The zero-order valence-electron chi connectivity index (χ0n) is 10.2. The van der Waals surface area contributed by atoms with Gasteiger partial charge in [0.25, 0.3) is 0 Å². The third kappa shape index (κ3) is 1.72. The number of pyridine rings is 1. The molecule has 3 rings (SSSR count). The molecular weight excluding hydrogens is 224 g/mol. The van der Waals surface area contributed by atoms with Crippen LogP contribution in [0.4, 0.5) is 5.95 Å². The smallest absolute Gasteiger partial charge is 0.201 e. The van der Waals surface area contributed by atoms with Gasteiger partial charge >= 0.3 is 0 Å². The Hall–Kier alpha value is -2.36. The van der Waals surface area contributed by atoms with Crippen molar-refractivity contribution >= 4 is 17.0 Å². The van der Waals surface area contributed by atoms with Gasteiger partial charge in [-0.3, -0.25) is 4.98 Å². The minimum absolute atomic E-state index is 0.552. The summed E-state index contributed by atoms with van der Waals surface area (Å²) in [4.78, 5) is 8.45. The predicted octanol–water partition coefficient (Wildman–Crippen LogP) is 2.37. The summed E-state index contributed by atoms with van der Waals surface area (Å²) in [5.41, 5.74) is 10.4. The summed E-state index contributed by atoms with van der Waals surface area (Å²) in [6.07, 6.45) is 3.58. The van der Waals surface area contributed by atoms with Gasteiger partial charge in [0.2, 0.25) is 5.95 Å². The molecule has 0 spiro atoms. The molecule has 0 atom stereocenters. The second kappa shape index (κ2) is 4.14. The highest BCUT2D eigenvalue weighted by Crippen LogP contribution is 2.21. The molecule has 0 aliphatic rings. The fourth-order valence-electron chi connectivity index (χ4n) is 2.14. The fourth-order valence-corrected chi connectivity index (χ4v) is 2.14. The molecule has 0 bridgehead atoms. The minimum Gasteiger partial charge on any atom is -0.369 e. The van der Waals surface area contributed by atoms with E-state index in [2.05, 4.69) is 9.97 Å². The van der Waals surface area contributed by atoms with Crippen molar-refractivity contribution in [1.82, 2.24) is 14.5 Å². The number of anilines is 1. The molecule has 0 aliphatic heterocycles.